The summed E-state index contributed by atoms with van der Waals surface area (Å²) in [4.78, 5) is 0. The molecule has 170 valence electrons. The summed E-state index contributed by atoms with van der Waals surface area (Å²) >= 11 is 1.86. The Kier molecular flexibility index (Phi) is 5.04. The van der Waals surface area contributed by atoms with Gasteiger partial charge in [0.15, 0.2) is 0 Å². The van der Waals surface area contributed by atoms with E-state index >= 15 is 0 Å². The van der Waals surface area contributed by atoms with Crippen molar-refractivity contribution in [2.75, 3.05) is 5.32 Å². The minimum atomic E-state index is 1.09. The molecule has 6 aromatic carbocycles. The Hall–Kier alpha value is -4.40. The van der Waals surface area contributed by atoms with Crippen LogP contribution in [0.15, 0.2) is 133 Å². The van der Waals surface area contributed by atoms with Crippen LogP contribution in [0.3, 0.4) is 0 Å². The predicted octanol–water partition coefficient (Wildman–Crippen LogP) is 10.3. The number of thiophene rings is 1. The maximum atomic E-state index is 3.69. The molecule has 0 saturated heterocycles. The van der Waals surface area contributed by atoms with Gasteiger partial charge in [-0.05, 0) is 57.3 Å². The first-order chi connectivity index (χ1) is 17.8. The lowest BCUT2D eigenvalue weighted by Crippen LogP contribution is -1.90. The number of fused-ring (bicyclic) bond motifs is 4. The molecule has 2 heteroatoms. The Morgan fingerprint density at radius 2 is 1.14 bits per heavy atom. The molecule has 7 rings (SSSR count). The molecule has 1 aromatic heterocycles. The molecular weight excluding hydrogens is 454 g/mol. The molecule has 0 unspecified atom stereocenters. The first-order valence-electron chi connectivity index (χ1n) is 12.2. The second-order valence-electron chi connectivity index (χ2n) is 9.06. The number of nitrogens with one attached hydrogen (secondary N) is 1. The molecule has 1 heterocycles. The minimum Gasteiger partial charge on any atom is -0.354 e. The Labute approximate surface area is 214 Å². The van der Waals surface area contributed by atoms with E-state index in [1.165, 1.54) is 53.2 Å². The van der Waals surface area contributed by atoms with E-state index in [2.05, 4.69) is 139 Å². The lowest BCUT2D eigenvalue weighted by atomic mass is 9.98. The van der Waals surface area contributed by atoms with E-state index in [4.69, 9.17) is 0 Å². The largest absolute Gasteiger partial charge is 0.354 e. The fourth-order valence-corrected chi connectivity index (χ4v) is 6.37. The summed E-state index contributed by atoms with van der Waals surface area (Å²) in [6.07, 6.45) is 0. The van der Waals surface area contributed by atoms with Crippen molar-refractivity contribution in [3.63, 3.8) is 0 Å². The van der Waals surface area contributed by atoms with Crippen molar-refractivity contribution in [2.24, 2.45) is 0 Å². The Morgan fingerprint density at radius 3 is 2.03 bits per heavy atom. The van der Waals surface area contributed by atoms with Gasteiger partial charge in [-0.3, -0.25) is 0 Å². The summed E-state index contributed by atoms with van der Waals surface area (Å²) in [6, 6.07) is 47.7. The summed E-state index contributed by atoms with van der Waals surface area (Å²) in [6.45, 7) is 0. The smallest absolute Gasteiger partial charge is 0.0590 e. The monoisotopic (exact) mass is 477 g/mol. The van der Waals surface area contributed by atoms with Crippen LogP contribution in [0.5, 0.6) is 0 Å². The molecule has 0 radical (unpaired) electrons. The quantitative estimate of drug-likeness (QED) is 0.266. The van der Waals surface area contributed by atoms with Crippen LogP contribution in [-0.4, -0.2) is 0 Å². The van der Waals surface area contributed by atoms with Crippen molar-refractivity contribution in [2.45, 2.75) is 0 Å². The summed E-state index contributed by atoms with van der Waals surface area (Å²) in [5.74, 6) is 0. The highest BCUT2D eigenvalue weighted by Gasteiger charge is 2.13. The van der Waals surface area contributed by atoms with Crippen molar-refractivity contribution in [3.05, 3.63) is 133 Å². The van der Waals surface area contributed by atoms with Gasteiger partial charge in [-0.15, -0.1) is 11.3 Å². The van der Waals surface area contributed by atoms with Gasteiger partial charge in [-0.25, -0.2) is 0 Å². The van der Waals surface area contributed by atoms with Crippen molar-refractivity contribution in [1.82, 2.24) is 0 Å². The molecule has 0 aliphatic heterocycles. The third-order valence-electron chi connectivity index (χ3n) is 6.87. The summed E-state index contributed by atoms with van der Waals surface area (Å²) < 4.78 is 2.60. The highest BCUT2D eigenvalue weighted by atomic mass is 32.1. The summed E-state index contributed by atoms with van der Waals surface area (Å²) in [7, 11) is 0. The van der Waals surface area contributed by atoms with Crippen LogP contribution >= 0.6 is 11.3 Å². The number of hydrogen-bond acceptors (Lipinski definition) is 2. The van der Waals surface area contributed by atoms with Crippen LogP contribution in [-0.2, 0) is 0 Å². The molecule has 0 aliphatic carbocycles. The van der Waals surface area contributed by atoms with Gasteiger partial charge in [0.2, 0.25) is 0 Å². The molecule has 0 fully saturated rings. The second-order valence-corrected chi connectivity index (χ2v) is 10.1. The maximum Gasteiger partial charge on any atom is 0.0590 e. The van der Waals surface area contributed by atoms with Gasteiger partial charge in [0.05, 0.1) is 10.4 Å². The first-order valence-corrected chi connectivity index (χ1v) is 13.0. The molecule has 1 N–H and O–H groups in total. The average molecular weight is 478 g/mol. The second kappa shape index (κ2) is 8.67. The van der Waals surface area contributed by atoms with E-state index in [-0.39, 0.29) is 0 Å². The molecule has 7 aromatic rings. The standard InChI is InChI=1S/C34H23NS/c1-2-9-24(10-3-1)29-15-8-18-32-33(29)30-16-7-17-31(34(30)36-32)35-26-21-19-25(20-22-26)28-14-6-12-23-11-4-5-13-27(23)28/h1-22,35H. The lowest BCUT2D eigenvalue weighted by Gasteiger charge is -2.11. The zero-order valence-corrected chi connectivity index (χ0v) is 20.4. The van der Waals surface area contributed by atoms with Gasteiger partial charge in [0.1, 0.15) is 0 Å². The molecule has 0 amide bonds. The third kappa shape index (κ3) is 3.55. The molecule has 0 saturated carbocycles. The Balaban J connectivity index is 1.28. The predicted molar refractivity (Wildman–Crippen MR) is 157 cm³/mol. The van der Waals surface area contributed by atoms with E-state index in [0.29, 0.717) is 0 Å². The van der Waals surface area contributed by atoms with Crippen LogP contribution in [0.25, 0.3) is 53.2 Å². The van der Waals surface area contributed by atoms with E-state index in [9.17, 15) is 0 Å². The molecule has 0 aliphatic rings. The van der Waals surface area contributed by atoms with Crippen molar-refractivity contribution in [1.29, 1.82) is 0 Å². The zero-order chi connectivity index (χ0) is 23.9. The normalized spacial score (nSPS) is 11.3. The fraction of sp³-hybridized carbons (Fsp3) is 0. The van der Waals surface area contributed by atoms with Crippen LogP contribution in [0, 0.1) is 0 Å². The fourth-order valence-electron chi connectivity index (χ4n) is 5.17. The third-order valence-corrected chi connectivity index (χ3v) is 8.08. The lowest BCUT2D eigenvalue weighted by molar-refractivity contribution is 1.58. The Morgan fingerprint density at radius 1 is 0.472 bits per heavy atom. The zero-order valence-electron chi connectivity index (χ0n) is 19.6. The molecule has 0 spiro atoms. The van der Waals surface area contributed by atoms with Crippen LogP contribution in [0.2, 0.25) is 0 Å². The van der Waals surface area contributed by atoms with E-state index < -0.39 is 0 Å². The molecular formula is C34H23NS. The Bertz CT molecular complexity index is 1840. The maximum absolute atomic E-state index is 3.69. The van der Waals surface area contributed by atoms with Gasteiger partial charge in [0, 0.05) is 21.2 Å². The SMILES string of the molecule is c1ccc(-c2cccc3sc4c(Nc5ccc(-c6cccc7ccccc67)cc5)cccc4c23)cc1. The molecule has 1 nitrogen and oxygen atoms in total. The molecule has 0 atom stereocenters. The summed E-state index contributed by atoms with van der Waals surface area (Å²) in [5.41, 5.74) is 7.27. The number of anilines is 2. The highest BCUT2D eigenvalue weighted by Crippen LogP contribution is 2.43. The van der Waals surface area contributed by atoms with Gasteiger partial charge in [-0.1, -0.05) is 109 Å². The van der Waals surface area contributed by atoms with Crippen molar-refractivity contribution >= 4 is 53.7 Å². The topological polar surface area (TPSA) is 12.0 Å². The van der Waals surface area contributed by atoms with Crippen molar-refractivity contribution < 1.29 is 0 Å². The van der Waals surface area contributed by atoms with Crippen LogP contribution in [0.4, 0.5) is 11.4 Å². The van der Waals surface area contributed by atoms with Crippen LogP contribution < -0.4 is 5.32 Å². The van der Waals surface area contributed by atoms with Crippen molar-refractivity contribution in [3.8, 4) is 22.3 Å². The van der Waals surface area contributed by atoms with Gasteiger partial charge in [-0.2, -0.15) is 0 Å². The highest BCUT2D eigenvalue weighted by molar-refractivity contribution is 7.26. The summed E-state index contributed by atoms with van der Waals surface area (Å²) in [5, 5.41) is 8.87. The van der Waals surface area contributed by atoms with E-state index in [0.717, 1.165) is 11.4 Å². The van der Waals surface area contributed by atoms with Crippen LogP contribution in [0.1, 0.15) is 0 Å². The molecule has 36 heavy (non-hydrogen) atoms. The van der Waals surface area contributed by atoms with Gasteiger partial charge in [0.25, 0.3) is 0 Å². The minimum absolute atomic E-state index is 1.09. The number of hydrogen-bond donors (Lipinski definition) is 1. The van der Waals surface area contributed by atoms with Gasteiger partial charge < -0.3 is 5.32 Å². The van der Waals surface area contributed by atoms with Gasteiger partial charge >= 0.3 is 0 Å². The number of benzene rings is 6. The average Bonchev–Trinajstić information content (AvgIpc) is 3.34. The molecule has 0 bridgehead atoms. The van der Waals surface area contributed by atoms with E-state index in [1.54, 1.807) is 0 Å². The first kappa shape index (κ1) is 20.9. The number of rotatable bonds is 4. The van der Waals surface area contributed by atoms with E-state index in [1.807, 2.05) is 11.3 Å².